The zero-order valence-electron chi connectivity index (χ0n) is 40.3. The minimum absolute atomic E-state index is 0.00400. The molecule has 7 atom stereocenters. The average Bonchev–Trinajstić information content (AvgIpc) is 3.43. The molecule has 0 spiro atoms. The molecular formula is C58H58N2O12S. The number of nitrogens with one attached hydrogen (secondary N) is 2. The fourth-order valence-electron chi connectivity index (χ4n) is 8.26. The minimum Gasteiger partial charge on any atom is -0.466 e. The number of esters is 2. The van der Waals surface area contributed by atoms with Gasteiger partial charge in [0.1, 0.15) is 59.5 Å². The number of fused-ring (bicyclic) bond motifs is 1. The minimum atomic E-state index is -1.45. The molecule has 8 rings (SSSR count). The second kappa shape index (κ2) is 27.0. The summed E-state index contributed by atoms with van der Waals surface area (Å²) in [5.41, 5.74) is 4.99. The molecule has 6 aromatic rings. The lowest BCUT2D eigenvalue weighted by Crippen LogP contribution is -2.61. The molecule has 0 aromatic heterocycles. The van der Waals surface area contributed by atoms with Gasteiger partial charge in [-0.05, 0) is 33.4 Å². The standard InChI is InChI=1S/C58H58N2O12S/c1-65-56(63)52-48(33-47(55(62)69-37-44-28-16-6-17-29-44)59-54(61)46(32-40-20-8-2-9-21-40)60-58(64)70-38-45-30-18-7-19-31-45)71-57-53(73-52)51(68-36-43-26-14-5-15-27-43)50(67-35-42-24-12-4-13-25-42)49(72-57)39-66-34-41-22-10-3-11-23-41/h2-31,46-47,49-51,53,57H,32-39H2,1H3,(H,59,61)(H,60,64)/t46-,47-,49+,50+,51-,53+,57-/m0/s1. The maximum Gasteiger partial charge on any atom is 0.408 e. The van der Waals surface area contributed by atoms with Gasteiger partial charge < -0.3 is 48.5 Å². The molecule has 0 bridgehead atoms. The molecule has 73 heavy (non-hydrogen) atoms. The number of hydrogen-bond donors (Lipinski definition) is 2. The summed E-state index contributed by atoms with van der Waals surface area (Å²) >= 11 is 1.12. The van der Waals surface area contributed by atoms with Crippen molar-refractivity contribution in [2.24, 2.45) is 0 Å². The fourth-order valence-corrected chi connectivity index (χ4v) is 9.57. The lowest BCUT2D eigenvalue weighted by molar-refractivity contribution is -0.267. The number of ether oxygens (including phenoxy) is 8. The Morgan fingerprint density at radius 3 is 1.52 bits per heavy atom. The van der Waals surface area contributed by atoms with E-state index in [4.69, 9.17) is 37.9 Å². The van der Waals surface area contributed by atoms with E-state index in [1.807, 2.05) is 170 Å². The molecule has 0 saturated carbocycles. The zero-order valence-corrected chi connectivity index (χ0v) is 41.1. The van der Waals surface area contributed by atoms with Crippen molar-refractivity contribution in [3.8, 4) is 0 Å². The van der Waals surface area contributed by atoms with E-state index in [1.54, 1.807) is 12.1 Å². The Hall–Kier alpha value is -7.27. The fraction of sp³-hybridized carbons (Fsp3) is 0.276. The first-order valence-corrected chi connectivity index (χ1v) is 24.9. The van der Waals surface area contributed by atoms with Gasteiger partial charge in [-0.3, -0.25) is 4.79 Å². The van der Waals surface area contributed by atoms with E-state index in [9.17, 15) is 19.2 Å². The van der Waals surface area contributed by atoms with E-state index in [1.165, 1.54) is 7.11 Å². The summed E-state index contributed by atoms with van der Waals surface area (Å²) in [6.07, 6.45) is -4.50. The molecule has 0 radical (unpaired) electrons. The predicted octanol–water partition coefficient (Wildman–Crippen LogP) is 8.77. The Morgan fingerprint density at radius 1 is 0.534 bits per heavy atom. The van der Waals surface area contributed by atoms with Gasteiger partial charge in [0.15, 0.2) is 0 Å². The normalized spacial score (nSPS) is 19.0. The molecule has 2 aliphatic rings. The number of methoxy groups -OCH3 is 1. The van der Waals surface area contributed by atoms with E-state index >= 15 is 0 Å². The second-order valence-electron chi connectivity index (χ2n) is 17.3. The number of amides is 2. The number of thioether (sulfide) groups is 1. The van der Waals surface area contributed by atoms with Crippen LogP contribution in [0.2, 0.25) is 0 Å². The Balaban J connectivity index is 1.10. The van der Waals surface area contributed by atoms with Crippen molar-refractivity contribution >= 4 is 35.7 Å². The summed E-state index contributed by atoms with van der Waals surface area (Å²) in [4.78, 5) is 56.3. The molecule has 2 heterocycles. The molecule has 0 unspecified atom stereocenters. The van der Waals surface area contributed by atoms with Gasteiger partial charge in [0.25, 0.3) is 0 Å². The third-order valence-corrected chi connectivity index (χ3v) is 13.4. The highest BCUT2D eigenvalue weighted by Crippen LogP contribution is 2.45. The Labute approximate surface area is 429 Å². The topological polar surface area (TPSA) is 166 Å². The number of alkyl carbamates (subject to hydrolysis) is 1. The number of rotatable bonds is 23. The van der Waals surface area contributed by atoms with Crippen molar-refractivity contribution in [1.29, 1.82) is 0 Å². The van der Waals surface area contributed by atoms with Crippen molar-refractivity contribution in [3.63, 3.8) is 0 Å². The molecule has 15 heteroatoms. The van der Waals surface area contributed by atoms with Crippen LogP contribution in [0.3, 0.4) is 0 Å². The van der Waals surface area contributed by atoms with E-state index in [-0.39, 0.29) is 56.5 Å². The highest BCUT2D eigenvalue weighted by atomic mass is 32.2. The summed E-state index contributed by atoms with van der Waals surface area (Å²) in [7, 11) is 1.25. The van der Waals surface area contributed by atoms with Crippen LogP contribution in [0.4, 0.5) is 4.79 Å². The highest BCUT2D eigenvalue weighted by molar-refractivity contribution is 8.04. The Bertz CT molecular complexity index is 2700. The Morgan fingerprint density at radius 2 is 1.00 bits per heavy atom. The van der Waals surface area contributed by atoms with Gasteiger partial charge in [-0.2, -0.15) is 0 Å². The van der Waals surface area contributed by atoms with Crippen molar-refractivity contribution in [2.75, 3.05) is 13.7 Å². The van der Waals surface area contributed by atoms with Gasteiger partial charge in [-0.1, -0.05) is 182 Å². The first-order chi connectivity index (χ1) is 35.8. The van der Waals surface area contributed by atoms with Crippen molar-refractivity contribution in [1.82, 2.24) is 10.6 Å². The first-order valence-electron chi connectivity index (χ1n) is 24.0. The molecule has 1 saturated heterocycles. The van der Waals surface area contributed by atoms with E-state index in [0.29, 0.717) is 12.2 Å². The van der Waals surface area contributed by atoms with Crippen LogP contribution < -0.4 is 10.6 Å². The lowest BCUT2D eigenvalue weighted by Gasteiger charge is -2.48. The Kier molecular flexibility index (Phi) is 19.2. The molecule has 2 amide bonds. The number of hydrogen-bond acceptors (Lipinski definition) is 13. The summed E-state index contributed by atoms with van der Waals surface area (Å²) in [6.45, 7) is 0.629. The first kappa shape index (κ1) is 52.1. The smallest absolute Gasteiger partial charge is 0.408 e. The maximum atomic E-state index is 14.6. The second-order valence-corrected chi connectivity index (χ2v) is 18.5. The van der Waals surface area contributed by atoms with Gasteiger partial charge >= 0.3 is 18.0 Å². The third-order valence-electron chi connectivity index (χ3n) is 12.0. The zero-order chi connectivity index (χ0) is 50.6. The van der Waals surface area contributed by atoms with Gasteiger partial charge in [-0.25, -0.2) is 14.4 Å². The summed E-state index contributed by atoms with van der Waals surface area (Å²) in [5, 5.41) is 4.80. The van der Waals surface area contributed by atoms with Crippen LogP contribution in [0.25, 0.3) is 0 Å². The molecule has 2 aliphatic heterocycles. The van der Waals surface area contributed by atoms with Crippen molar-refractivity contribution in [2.45, 2.75) is 87.8 Å². The average molecular weight is 1010 g/mol. The van der Waals surface area contributed by atoms with E-state index in [0.717, 1.165) is 39.6 Å². The van der Waals surface area contributed by atoms with Gasteiger partial charge in [0, 0.05) is 12.8 Å². The molecule has 0 aliphatic carbocycles. The molecular weight excluding hydrogens is 949 g/mol. The van der Waals surface area contributed by atoms with Crippen LogP contribution in [-0.2, 0) is 91.7 Å². The quantitative estimate of drug-likeness (QED) is 0.0463. The van der Waals surface area contributed by atoms with Crippen LogP contribution in [0.5, 0.6) is 0 Å². The van der Waals surface area contributed by atoms with Crippen LogP contribution >= 0.6 is 11.8 Å². The number of carbonyl (C=O) groups excluding carboxylic acids is 4. The number of carbonyl (C=O) groups is 4. The largest absolute Gasteiger partial charge is 0.466 e. The predicted molar refractivity (Wildman–Crippen MR) is 273 cm³/mol. The summed E-state index contributed by atoms with van der Waals surface area (Å²) < 4.78 is 50.1. The van der Waals surface area contributed by atoms with Crippen molar-refractivity contribution < 1.29 is 57.1 Å². The summed E-state index contributed by atoms with van der Waals surface area (Å²) in [6, 6.07) is 53.8. The monoisotopic (exact) mass is 1010 g/mol. The van der Waals surface area contributed by atoms with E-state index < -0.39 is 65.9 Å². The van der Waals surface area contributed by atoms with E-state index in [2.05, 4.69) is 10.6 Å². The van der Waals surface area contributed by atoms with Crippen LogP contribution in [0.1, 0.15) is 39.8 Å². The van der Waals surface area contributed by atoms with Crippen LogP contribution in [-0.4, -0.2) is 79.6 Å². The molecule has 2 N–H and O–H groups in total. The van der Waals surface area contributed by atoms with Crippen molar-refractivity contribution in [3.05, 3.63) is 226 Å². The van der Waals surface area contributed by atoms with Gasteiger partial charge in [0.05, 0.1) is 33.5 Å². The lowest BCUT2D eigenvalue weighted by atomic mass is 9.99. The summed E-state index contributed by atoms with van der Waals surface area (Å²) in [5.74, 6) is -2.29. The third kappa shape index (κ3) is 15.4. The highest BCUT2D eigenvalue weighted by Gasteiger charge is 2.53. The molecule has 14 nitrogen and oxygen atoms in total. The van der Waals surface area contributed by atoms with Gasteiger partial charge in [0.2, 0.25) is 12.2 Å². The SMILES string of the molecule is COC(=O)C1=C(C[C@H](NC(=O)[C@H](Cc2ccccc2)NC(=O)OCc2ccccc2)C(=O)OCc2ccccc2)O[C@H]2O[C@H](COCc3ccccc3)[C@@H](OCc3ccccc3)[C@H](OCc3ccccc3)[C@H]2S1. The van der Waals surface area contributed by atoms with Gasteiger partial charge in [-0.15, -0.1) is 11.8 Å². The molecule has 6 aromatic carbocycles. The van der Waals surface area contributed by atoms with Crippen LogP contribution in [0.15, 0.2) is 193 Å². The molecule has 378 valence electrons. The number of benzene rings is 6. The maximum absolute atomic E-state index is 14.6. The van der Waals surface area contributed by atoms with Crippen LogP contribution in [0, 0.1) is 0 Å². The molecule has 1 fully saturated rings.